The van der Waals surface area contributed by atoms with Crippen LogP contribution < -0.4 is 5.73 Å². The molecule has 21 heavy (non-hydrogen) atoms. The van der Waals surface area contributed by atoms with Crippen LogP contribution in [0.15, 0.2) is 30.3 Å². The summed E-state index contributed by atoms with van der Waals surface area (Å²) in [6.45, 7) is 12.9. The first kappa shape index (κ1) is 16.5. The highest BCUT2D eigenvalue weighted by molar-refractivity contribution is 5.20. The SMILES string of the molecule is CC(C)C1CCN(CC(C)(C)C(N)c2ccccc2)CC1. The molecule has 0 amide bonds. The molecule has 1 fully saturated rings. The van der Waals surface area contributed by atoms with E-state index in [0.717, 1.165) is 18.4 Å². The van der Waals surface area contributed by atoms with Crippen LogP contribution >= 0.6 is 0 Å². The van der Waals surface area contributed by atoms with E-state index < -0.39 is 0 Å². The molecule has 2 heteroatoms. The molecule has 1 aliphatic rings. The summed E-state index contributed by atoms with van der Waals surface area (Å²) in [4.78, 5) is 2.61. The lowest BCUT2D eigenvalue weighted by Crippen LogP contribution is -2.44. The lowest BCUT2D eigenvalue weighted by Gasteiger charge is -2.41. The van der Waals surface area contributed by atoms with Gasteiger partial charge < -0.3 is 10.6 Å². The van der Waals surface area contributed by atoms with E-state index in [1.54, 1.807) is 0 Å². The van der Waals surface area contributed by atoms with Crippen LogP contribution in [0.5, 0.6) is 0 Å². The van der Waals surface area contributed by atoms with Crippen molar-refractivity contribution in [1.82, 2.24) is 4.90 Å². The minimum Gasteiger partial charge on any atom is -0.323 e. The predicted molar refractivity (Wildman–Crippen MR) is 91.2 cm³/mol. The summed E-state index contributed by atoms with van der Waals surface area (Å²) in [6.07, 6.45) is 2.68. The van der Waals surface area contributed by atoms with Gasteiger partial charge in [-0.2, -0.15) is 0 Å². The number of rotatable bonds is 5. The highest BCUT2D eigenvalue weighted by atomic mass is 15.1. The summed E-state index contributed by atoms with van der Waals surface area (Å²) in [7, 11) is 0. The Balaban J connectivity index is 1.92. The Labute approximate surface area is 130 Å². The van der Waals surface area contributed by atoms with Gasteiger partial charge in [-0.05, 0) is 48.7 Å². The fourth-order valence-electron chi connectivity index (χ4n) is 3.56. The van der Waals surface area contributed by atoms with Crippen LogP contribution in [-0.4, -0.2) is 24.5 Å². The number of hydrogen-bond donors (Lipinski definition) is 1. The second-order valence-corrected chi connectivity index (χ2v) is 7.73. The lowest BCUT2D eigenvalue weighted by atomic mass is 9.79. The molecule has 0 radical (unpaired) electrons. The Morgan fingerprint density at radius 1 is 1.14 bits per heavy atom. The van der Waals surface area contributed by atoms with Crippen LogP contribution in [-0.2, 0) is 0 Å². The number of hydrogen-bond acceptors (Lipinski definition) is 2. The van der Waals surface area contributed by atoms with Gasteiger partial charge in [0, 0.05) is 12.6 Å². The van der Waals surface area contributed by atoms with Crippen molar-refractivity contribution in [3.8, 4) is 0 Å². The van der Waals surface area contributed by atoms with E-state index in [1.165, 1.54) is 31.5 Å². The van der Waals surface area contributed by atoms with Crippen LogP contribution in [0, 0.1) is 17.3 Å². The Bertz CT molecular complexity index is 416. The van der Waals surface area contributed by atoms with Gasteiger partial charge in [0.05, 0.1) is 0 Å². The zero-order chi connectivity index (χ0) is 15.5. The minimum atomic E-state index is 0.0986. The quantitative estimate of drug-likeness (QED) is 0.884. The Kier molecular flexibility index (Phi) is 5.45. The highest BCUT2D eigenvalue weighted by Crippen LogP contribution is 2.34. The van der Waals surface area contributed by atoms with Gasteiger partial charge in [-0.15, -0.1) is 0 Å². The minimum absolute atomic E-state index is 0.0986. The number of benzene rings is 1. The molecule has 0 spiro atoms. The first-order valence-corrected chi connectivity index (χ1v) is 8.43. The molecule has 1 unspecified atom stereocenters. The maximum absolute atomic E-state index is 6.54. The first-order chi connectivity index (χ1) is 9.90. The number of likely N-dealkylation sites (tertiary alicyclic amines) is 1. The van der Waals surface area contributed by atoms with Crippen molar-refractivity contribution in [2.24, 2.45) is 23.0 Å². The topological polar surface area (TPSA) is 29.3 Å². The van der Waals surface area contributed by atoms with Crippen molar-refractivity contribution in [3.63, 3.8) is 0 Å². The van der Waals surface area contributed by atoms with Crippen LogP contribution in [0.2, 0.25) is 0 Å². The molecule has 2 rings (SSSR count). The number of nitrogens with two attached hydrogens (primary N) is 1. The van der Waals surface area contributed by atoms with Gasteiger partial charge in [0.25, 0.3) is 0 Å². The molecule has 1 aliphatic heterocycles. The molecule has 0 bridgehead atoms. The van der Waals surface area contributed by atoms with Gasteiger partial charge in [0.2, 0.25) is 0 Å². The Hall–Kier alpha value is -0.860. The van der Waals surface area contributed by atoms with Crippen molar-refractivity contribution in [3.05, 3.63) is 35.9 Å². The maximum atomic E-state index is 6.54. The van der Waals surface area contributed by atoms with Crippen molar-refractivity contribution >= 4 is 0 Å². The normalized spacial score (nSPS) is 19.9. The Morgan fingerprint density at radius 2 is 1.71 bits per heavy atom. The molecule has 0 aliphatic carbocycles. The second-order valence-electron chi connectivity index (χ2n) is 7.73. The summed E-state index contributed by atoms with van der Waals surface area (Å²) in [5.41, 5.74) is 7.89. The summed E-state index contributed by atoms with van der Waals surface area (Å²) in [5, 5.41) is 0. The summed E-state index contributed by atoms with van der Waals surface area (Å²) >= 11 is 0. The maximum Gasteiger partial charge on any atom is 0.0359 e. The third kappa shape index (κ3) is 4.31. The van der Waals surface area contributed by atoms with Gasteiger partial charge in [0.1, 0.15) is 0 Å². The van der Waals surface area contributed by atoms with E-state index >= 15 is 0 Å². The fraction of sp³-hybridized carbons (Fsp3) is 0.684. The third-order valence-corrected chi connectivity index (χ3v) is 5.21. The van der Waals surface area contributed by atoms with Crippen LogP contribution in [0.3, 0.4) is 0 Å². The molecule has 1 aromatic rings. The van der Waals surface area contributed by atoms with Gasteiger partial charge >= 0.3 is 0 Å². The summed E-state index contributed by atoms with van der Waals surface area (Å²) < 4.78 is 0. The monoisotopic (exact) mass is 288 g/mol. The molecule has 1 aromatic carbocycles. The van der Waals surface area contributed by atoms with E-state index in [2.05, 4.69) is 62.9 Å². The molecular formula is C19H32N2. The van der Waals surface area contributed by atoms with Crippen molar-refractivity contribution in [1.29, 1.82) is 0 Å². The largest absolute Gasteiger partial charge is 0.323 e. The zero-order valence-electron chi connectivity index (χ0n) is 14.2. The fourth-order valence-corrected chi connectivity index (χ4v) is 3.56. The third-order valence-electron chi connectivity index (χ3n) is 5.21. The molecule has 118 valence electrons. The van der Waals surface area contributed by atoms with E-state index in [-0.39, 0.29) is 11.5 Å². The molecule has 1 heterocycles. The van der Waals surface area contributed by atoms with Crippen molar-refractivity contribution < 1.29 is 0 Å². The molecule has 0 saturated carbocycles. The van der Waals surface area contributed by atoms with Gasteiger partial charge in [-0.1, -0.05) is 58.0 Å². The van der Waals surface area contributed by atoms with Gasteiger partial charge in [-0.3, -0.25) is 0 Å². The number of nitrogens with zero attached hydrogens (tertiary/aromatic N) is 1. The van der Waals surface area contributed by atoms with Gasteiger partial charge in [-0.25, -0.2) is 0 Å². The van der Waals surface area contributed by atoms with E-state index in [9.17, 15) is 0 Å². The average Bonchev–Trinajstić information content (AvgIpc) is 2.47. The van der Waals surface area contributed by atoms with Crippen LogP contribution in [0.1, 0.15) is 52.1 Å². The van der Waals surface area contributed by atoms with E-state index in [4.69, 9.17) is 5.73 Å². The van der Waals surface area contributed by atoms with E-state index in [0.29, 0.717) is 0 Å². The molecule has 2 nitrogen and oxygen atoms in total. The highest BCUT2D eigenvalue weighted by Gasteiger charge is 2.31. The summed E-state index contributed by atoms with van der Waals surface area (Å²) in [5.74, 6) is 1.74. The van der Waals surface area contributed by atoms with Crippen LogP contribution in [0.25, 0.3) is 0 Å². The zero-order valence-corrected chi connectivity index (χ0v) is 14.2. The van der Waals surface area contributed by atoms with Gasteiger partial charge in [0.15, 0.2) is 0 Å². The van der Waals surface area contributed by atoms with Crippen molar-refractivity contribution in [2.45, 2.75) is 46.6 Å². The lowest BCUT2D eigenvalue weighted by molar-refractivity contribution is 0.100. The average molecular weight is 288 g/mol. The van der Waals surface area contributed by atoms with Crippen LogP contribution in [0.4, 0.5) is 0 Å². The Morgan fingerprint density at radius 3 is 2.24 bits per heavy atom. The first-order valence-electron chi connectivity index (χ1n) is 8.43. The van der Waals surface area contributed by atoms with E-state index in [1.807, 2.05) is 0 Å². The molecule has 2 N–H and O–H groups in total. The molecule has 1 atom stereocenters. The van der Waals surface area contributed by atoms with Crippen molar-refractivity contribution in [2.75, 3.05) is 19.6 Å². The molecular weight excluding hydrogens is 256 g/mol. The number of piperidine rings is 1. The standard InChI is InChI=1S/C19H32N2/c1-15(2)16-10-12-21(13-11-16)14-19(3,4)18(20)17-8-6-5-7-9-17/h5-9,15-16,18H,10-14,20H2,1-4H3. The molecule has 0 aromatic heterocycles. The summed E-state index contributed by atoms with van der Waals surface area (Å²) in [6, 6.07) is 10.6. The predicted octanol–water partition coefficient (Wildman–Crippen LogP) is 4.08. The second kappa shape index (κ2) is 6.93. The molecule has 1 saturated heterocycles. The smallest absolute Gasteiger partial charge is 0.0359 e.